The van der Waals surface area contributed by atoms with Crippen LogP contribution in [0.4, 0.5) is 0 Å². The van der Waals surface area contributed by atoms with E-state index in [-0.39, 0.29) is 0 Å². The number of benzene rings is 1. The summed E-state index contributed by atoms with van der Waals surface area (Å²) in [4.78, 5) is 4.52. The van der Waals surface area contributed by atoms with Gasteiger partial charge in [0.15, 0.2) is 0 Å². The van der Waals surface area contributed by atoms with Gasteiger partial charge in [-0.05, 0) is 18.4 Å². The normalized spacial score (nSPS) is 16.7. The molecule has 0 aromatic heterocycles. The van der Waals surface area contributed by atoms with E-state index in [2.05, 4.69) is 34.6 Å². The molecular formula is C12H16N2. The molecule has 14 heavy (non-hydrogen) atoms. The molecule has 2 rings (SSSR count). The number of nitrogens with one attached hydrogen (secondary N) is 1. The average Bonchev–Trinajstić information content (AvgIpc) is 2.48. The zero-order chi connectivity index (χ0) is 9.64. The number of hydrogen-bond acceptors (Lipinski definition) is 2. The van der Waals surface area contributed by atoms with Crippen molar-refractivity contribution in [1.29, 1.82) is 0 Å². The zero-order valence-electron chi connectivity index (χ0n) is 8.37. The van der Waals surface area contributed by atoms with E-state index < -0.39 is 0 Å². The van der Waals surface area contributed by atoms with Gasteiger partial charge in [-0.25, -0.2) is 0 Å². The van der Waals surface area contributed by atoms with Crippen LogP contribution in [0.15, 0.2) is 35.3 Å². The van der Waals surface area contributed by atoms with E-state index in [0.29, 0.717) is 0 Å². The van der Waals surface area contributed by atoms with E-state index in [9.17, 15) is 0 Å². The number of rotatable bonds is 2. The maximum Gasteiger partial charge on any atom is 0.101 e. The Balaban J connectivity index is 1.99. The Morgan fingerprint density at radius 3 is 2.86 bits per heavy atom. The van der Waals surface area contributed by atoms with Crippen molar-refractivity contribution in [2.45, 2.75) is 19.3 Å². The van der Waals surface area contributed by atoms with Gasteiger partial charge >= 0.3 is 0 Å². The number of amidine groups is 1. The molecule has 1 aliphatic rings. The van der Waals surface area contributed by atoms with Crippen LogP contribution in [0.2, 0.25) is 0 Å². The van der Waals surface area contributed by atoms with Crippen LogP contribution < -0.4 is 5.32 Å². The SMILES string of the molecule is c1ccc(CC2=NCCCCN2)cc1. The van der Waals surface area contributed by atoms with Crippen molar-refractivity contribution in [3.8, 4) is 0 Å². The quantitative estimate of drug-likeness (QED) is 0.754. The fourth-order valence-corrected chi connectivity index (χ4v) is 1.65. The van der Waals surface area contributed by atoms with Gasteiger partial charge in [0.25, 0.3) is 0 Å². The first-order valence-corrected chi connectivity index (χ1v) is 5.26. The molecule has 0 atom stereocenters. The van der Waals surface area contributed by atoms with Crippen molar-refractivity contribution in [3.05, 3.63) is 35.9 Å². The minimum atomic E-state index is 0.945. The average molecular weight is 188 g/mol. The summed E-state index contributed by atoms with van der Waals surface area (Å²) < 4.78 is 0. The Labute approximate surface area is 85.1 Å². The Morgan fingerprint density at radius 1 is 1.14 bits per heavy atom. The summed E-state index contributed by atoms with van der Waals surface area (Å²) in [6, 6.07) is 10.5. The predicted octanol–water partition coefficient (Wildman–Crippen LogP) is 2.01. The summed E-state index contributed by atoms with van der Waals surface area (Å²) in [5.41, 5.74) is 1.33. The molecule has 0 fully saturated rings. The van der Waals surface area contributed by atoms with Gasteiger partial charge in [-0.2, -0.15) is 0 Å². The second kappa shape index (κ2) is 4.80. The lowest BCUT2D eigenvalue weighted by Crippen LogP contribution is -2.25. The zero-order valence-corrected chi connectivity index (χ0v) is 8.37. The summed E-state index contributed by atoms with van der Waals surface area (Å²) >= 11 is 0. The Bertz CT molecular complexity index is 303. The van der Waals surface area contributed by atoms with Crippen LogP contribution in [0.5, 0.6) is 0 Å². The van der Waals surface area contributed by atoms with E-state index in [0.717, 1.165) is 25.3 Å². The molecule has 0 spiro atoms. The molecule has 1 aromatic carbocycles. The van der Waals surface area contributed by atoms with Crippen LogP contribution in [0.1, 0.15) is 18.4 Å². The highest BCUT2D eigenvalue weighted by molar-refractivity contribution is 5.84. The second-order valence-electron chi connectivity index (χ2n) is 3.62. The van der Waals surface area contributed by atoms with Gasteiger partial charge in [0.1, 0.15) is 5.84 Å². The summed E-state index contributed by atoms with van der Waals surface area (Å²) in [5.74, 6) is 1.15. The van der Waals surface area contributed by atoms with Crippen LogP contribution in [-0.4, -0.2) is 18.9 Å². The highest BCUT2D eigenvalue weighted by Gasteiger charge is 2.03. The van der Waals surface area contributed by atoms with E-state index in [1.807, 2.05) is 6.07 Å². The van der Waals surface area contributed by atoms with Crippen molar-refractivity contribution in [1.82, 2.24) is 5.32 Å². The van der Waals surface area contributed by atoms with Crippen molar-refractivity contribution in [2.75, 3.05) is 13.1 Å². The van der Waals surface area contributed by atoms with Crippen LogP contribution in [-0.2, 0) is 6.42 Å². The summed E-state index contributed by atoms with van der Waals surface area (Å²) in [6.07, 6.45) is 3.40. The van der Waals surface area contributed by atoms with E-state index in [1.165, 1.54) is 18.4 Å². The summed E-state index contributed by atoms with van der Waals surface area (Å²) in [6.45, 7) is 2.06. The van der Waals surface area contributed by atoms with Crippen LogP contribution in [0, 0.1) is 0 Å². The molecule has 0 aliphatic carbocycles. The first kappa shape index (κ1) is 9.25. The highest BCUT2D eigenvalue weighted by Crippen LogP contribution is 2.02. The van der Waals surface area contributed by atoms with Gasteiger partial charge in [-0.15, -0.1) is 0 Å². The third kappa shape index (κ3) is 2.59. The molecule has 0 unspecified atom stereocenters. The lowest BCUT2D eigenvalue weighted by Gasteiger charge is -2.06. The molecular weight excluding hydrogens is 172 g/mol. The largest absolute Gasteiger partial charge is 0.374 e. The Kier molecular flexibility index (Phi) is 3.17. The molecule has 2 heteroatoms. The molecule has 0 saturated carbocycles. The number of hydrogen-bond donors (Lipinski definition) is 1. The fourth-order valence-electron chi connectivity index (χ4n) is 1.65. The maximum atomic E-state index is 4.52. The molecule has 2 nitrogen and oxygen atoms in total. The van der Waals surface area contributed by atoms with Gasteiger partial charge in [0.05, 0.1) is 0 Å². The molecule has 74 valence electrons. The molecule has 0 saturated heterocycles. The van der Waals surface area contributed by atoms with E-state index in [4.69, 9.17) is 0 Å². The van der Waals surface area contributed by atoms with Gasteiger partial charge < -0.3 is 5.32 Å². The Hall–Kier alpha value is -1.31. The first-order valence-electron chi connectivity index (χ1n) is 5.26. The Morgan fingerprint density at radius 2 is 2.00 bits per heavy atom. The molecule has 0 bridgehead atoms. The van der Waals surface area contributed by atoms with Gasteiger partial charge in [0, 0.05) is 19.5 Å². The molecule has 1 aliphatic heterocycles. The predicted molar refractivity (Wildman–Crippen MR) is 59.7 cm³/mol. The van der Waals surface area contributed by atoms with Crippen molar-refractivity contribution in [2.24, 2.45) is 4.99 Å². The fraction of sp³-hybridized carbons (Fsp3) is 0.417. The minimum absolute atomic E-state index is 0.945. The monoisotopic (exact) mass is 188 g/mol. The lowest BCUT2D eigenvalue weighted by atomic mass is 10.1. The van der Waals surface area contributed by atoms with Crippen LogP contribution in [0.25, 0.3) is 0 Å². The van der Waals surface area contributed by atoms with Gasteiger partial charge in [-0.3, -0.25) is 4.99 Å². The molecule has 1 N–H and O–H groups in total. The third-order valence-electron chi connectivity index (χ3n) is 2.43. The molecule has 0 amide bonds. The van der Waals surface area contributed by atoms with E-state index in [1.54, 1.807) is 0 Å². The van der Waals surface area contributed by atoms with Crippen molar-refractivity contribution in [3.63, 3.8) is 0 Å². The van der Waals surface area contributed by atoms with Crippen LogP contribution >= 0.6 is 0 Å². The molecule has 1 aromatic rings. The molecule has 0 radical (unpaired) electrons. The number of nitrogens with zero attached hydrogens (tertiary/aromatic N) is 1. The maximum absolute atomic E-state index is 4.52. The standard InChI is InChI=1S/C12H16N2/c1-2-6-11(7-3-1)10-12-13-8-4-5-9-14-12/h1-3,6-7H,4-5,8-10H2,(H,13,14). The van der Waals surface area contributed by atoms with Crippen molar-refractivity contribution >= 4 is 5.84 Å². The smallest absolute Gasteiger partial charge is 0.101 e. The first-order chi connectivity index (χ1) is 6.95. The summed E-state index contributed by atoms with van der Waals surface area (Å²) in [7, 11) is 0. The topological polar surface area (TPSA) is 24.4 Å². The van der Waals surface area contributed by atoms with E-state index >= 15 is 0 Å². The summed E-state index contributed by atoms with van der Waals surface area (Å²) in [5, 5.41) is 3.38. The van der Waals surface area contributed by atoms with Crippen LogP contribution in [0.3, 0.4) is 0 Å². The number of aliphatic imine (C=N–C) groups is 1. The highest BCUT2D eigenvalue weighted by atomic mass is 15.0. The lowest BCUT2D eigenvalue weighted by molar-refractivity contribution is 0.748. The molecule has 1 heterocycles. The van der Waals surface area contributed by atoms with Crippen molar-refractivity contribution < 1.29 is 0 Å². The van der Waals surface area contributed by atoms with Gasteiger partial charge in [0.2, 0.25) is 0 Å². The second-order valence-corrected chi connectivity index (χ2v) is 3.62. The minimum Gasteiger partial charge on any atom is -0.374 e. The third-order valence-corrected chi connectivity index (χ3v) is 2.43. The van der Waals surface area contributed by atoms with Gasteiger partial charge in [-0.1, -0.05) is 30.3 Å².